The summed E-state index contributed by atoms with van der Waals surface area (Å²) in [7, 11) is 0. The van der Waals surface area contributed by atoms with Crippen LogP contribution in [0.2, 0.25) is 0 Å². The quantitative estimate of drug-likeness (QED) is 0.522. The van der Waals surface area contributed by atoms with Gasteiger partial charge in [0.05, 0.1) is 11.3 Å². The zero-order valence-corrected chi connectivity index (χ0v) is 16.6. The van der Waals surface area contributed by atoms with E-state index in [0.717, 1.165) is 16.7 Å². The van der Waals surface area contributed by atoms with E-state index in [2.05, 4.69) is 5.32 Å². The molecule has 0 fully saturated rings. The molecular weight excluding hydrogens is 418 g/mol. The van der Waals surface area contributed by atoms with Gasteiger partial charge in [0.15, 0.2) is 11.5 Å². The van der Waals surface area contributed by atoms with Crippen molar-refractivity contribution >= 4 is 22.4 Å². The summed E-state index contributed by atoms with van der Waals surface area (Å²) < 4.78 is 39.8. The molecule has 32 heavy (non-hydrogen) atoms. The molecular formula is C24H16F2N2O4. The number of fused-ring (bicyclic) bond motifs is 2. The molecule has 1 aliphatic rings. The van der Waals surface area contributed by atoms with E-state index in [1.54, 1.807) is 42.5 Å². The number of rotatable bonds is 3. The number of benzene rings is 3. The van der Waals surface area contributed by atoms with Crippen LogP contribution in [0, 0.1) is 11.6 Å². The molecule has 2 heterocycles. The Bertz CT molecular complexity index is 1430. The van der Waals surface area contributed by atoms with Gasteiger partial charge < -0.3 is 14.8 Å². The van der Waals surface area contributed by atoms with E-state index in [-0.39, 0.29) is 16.6 Å². The lowest BCUT2D eigenvalue weighted by atomic mass is 10.1. The topological polar surface area (TPSA) is 69.6 Å². The molecule has 0 saturated heterocycles. The number of carbonyl (C=O) groups is 1. The summed E-state index contributed by atoms with van der Waals surface area (Å²) in [5.74, 6) is -1.09. The number of nitrogens with one attached hydrogen (secondary N) is 1. The highest BCUT2D eigenvalue weighted by molar-refractivity contribution is 6.12. The minimum Gasteiger partial charge on any atom is -0.486 e. The van der Waals surface area contributed by atoms with Crippen LogP contribution >= 0.6 is 0 Å². The Balaban J connectivity index is 1.61. The third-order valence-electron chi connectivity index (χ3n) is 5.14. The van der Waals surface area contributed by atoms with Crippen molar-refractivity contribution in [3.63, 3.8) is 0 Å². The predicted octanol–water partition coefficient (Wildman–Crippen LogP) is 4.29. The van der Waals surface area contributed by atoms with Crippen molar-refractivity contribution in [2.75, 3.05) is 18.5 Å². The number of hydrogen-bond acceptors (Lipinski definition) is 4. The maximum absolute atomic E-state index is 14.4. The fourth-order valence-corrected chi connectivity index (χ4v) is 3.65. The minimum atomic E-state index is -0.916. The average molecular weight is 434 g/mol. The van der Waals surface area contributed by atoms with E-state index >= 15 is 0 Å². The van der Waals surface area contributed by atoms with Gasteiger partial charge in [-0.15, -0.1) is 0 Å². The van der Waals surface area contributed by atoms with E-state index in [9.17, 15) is 18.4 Å². The van der Waals surface area contributed by atoms with Gasteiger partial charge in [0.2, 0.25) is 0 Å². The van der Waals surface area contributed by atoms with E-state index in [4.69, 9.17) is 9.47 Å². The van der Waals surface area contributed by atoms with Crippen LogP contribution in [0.5, 0.6) is 11.5 Å². The molecule has 6 nitrogen and oxygen atoms in total. The Hall–Kier alpha value is -4.20. The van der Waals surface area contributed by atoms with Crippen molar-refractivity contribution in [2.45, 2.75) is 0 Å². The highest BCUT2D eigenvalue weighted by Crippen LogP contribution is 2.33. The smallest absolute Gasteiger partial charge is 0.263 e. The summed E-state index contributed by atoms with van der Waals surface area (Å²) >= 11 is 0. The van der Waals surface area contributed by atoms with Crippen molar-refractivity contribution < 1.29 is 23.0 Å². The molecule has 0 unspecified atom stereocenters. The Morgan fingerprint density at radius 1 is 0.906 bits per heavy atom. The SMILES string of the molecule is O=C(Nc1ccc2c(c1)OCCO2)c1cn(-c2ccc(F)cc2F)c(=O)c2ccccc12. The van der Waals surface area contributed by atoms with Crippen LogP contribution in [0.4, 0.5) is 14.5 Å². The number of aromatic nitrogens is 1. The second kappa shape index (κ2) is 7.81. The summed E-state index contributed by atoms with van der Waals surface area (Å²) in [6.45, 7) is 0.857. The predicted molar refractivity (Wildman–Crippen MR) is 115 cm³/mol. The van der Waals surface area contributed by atoms with Gasteiger partial charge in [-0.1, -0.05) is 18.2 Å². The normalized spacial score (nSPS) is 12.6. The van der Waals surface area contributed by atoms with Crippen LogP contribution in [0.25, 0.3) is 16.5 Å². The van der Waals surface area contributed by atoms with E-state index < -0.39 is 23.1 Å². The highest BCUT2D eigenvalue weighted by Gasteiger charge is 2.19. The standard InChI is InChI=1S/C24H16F2N2O4/c25-14-5-7-20(19(26)11-14)28-13-18(16-3-1-2-4-17(16)24(28)30)23(29)27-15-6-8-21-22(12-15)32-10-9-31-21/h1-8,11-13H,9-10H2,(H,27,29). The molecule has 1 N–H and O–H groups in total. The number of halogens is 2. The van der Waals surface area contributed by atoms with E-state index in [1.165, 1.54) is 6.20 Å². The molecule has 160 valence electrons. The fraction of sp³-hybridized carbons (Fsp3) is 0.0833. The van der Waals surface area contributed by atoms with Crippen LogP contribution in [-0.4, -0.2) is 23.7 Å². The Morgan fingerprint density at radius 2 is 1.66 bits per heavy atom. The van der Waals surface area contributed by atoms with Gasteiger partial charge in [0, 0.05) is 34.8 Å². The lowest BCUT2D eigenvalue weighted by Crippen LogP contribution is -2.23. The van der Waals surface area contributed by atoms with Gasteiger partial charge in [-0.2, -0.15) is 0 Å². The molecule has 0 atom stereocenters. The first-order valence-corrected chi connectivity index (χ1v) is 9.82. The first-order valence-electron chi connectivity index (χ1n) is 9.82. The van der Waals surface area contributed by atoms with Crippen molar-refractivity contribution in [3.05, 3.63) is 94.4 Å². The van der Waals surface area contributed by atoms with Gasteiger partial charge >= 0.3 is 0 Å². The molecule has 4 aromatic rings. The van der Waals surface area contributed by atoms with Gasteiger partial charge in [-0.05, 0) is 30.3 Å². The minimum absolute atomic E-state index is 0.152. The summed E-state index contributed by atoms with van der Waals surface area (Å²) in [6.07, 6.45) is 1.26. The molecule has 1 amide bonds. The van der Waals surface area contributed by atoms with Crippen LogP contribution in [0.3, 0.4) is 0 Å². The number of amides is 1. The molecule has 0 saturated carbocycles. The Kier molecular flexibility index (Phi) is 4.82. The molecule has 0 radical (unpaired) electrons. The molecule has 0 spiro atoms. The second-order valence-electron chi connectivity index (χ2n) is 7.17. The maximum atomic E-state index is 14.4. The van der Waals surface area contributed by atoms with E-state index in [0.29, 0.717) is 41.9 Å². The zero-order valence-electron chi connectivity index (χ0n) is 16.6. The number of nitrogens with zero attached hydrogens (tertiary/aromatic N) is 1. The summed E-state index contributed by atoms with van der Waals surface area (Å²) in [6, 6.07) is 14.4. The molecule has 5 rings (SSSR count). The van der Waals surface area contributed by atoms with Crippen molar-refractivity contribution in [3.8, 4) is 17.2 Å². The molecule has 1 aliphatic heterocycles. The monoisotopic (exact) mass is 434 g/mol. The van der Waals surface area contributed by atoms with Crippen LogP contribution in [0.1, 0.15) is 10.4 Å². The van der Waals surface area contributed by atoms with Crippen LogP contribution < -0.4 is 20.3 Å². The zero-order chi connectivity index (χ0) is 22.2. The van der Waals surface area contributed by atoms with Crippen LogP contribution in [-0.2, 0) is 0 Å². The van der Waals surface area contributed by atoms with Crippen molar-refractivity contribution in [2.24, 2.45) is 0 Å². The number of carbonyl (C=O) groups excluding carboxylic acids is 1. The third-order valence-corrected chi connectivity index (χ3v) is 5.14. The molecule has 3 aromatic carbocycles. The van der Waals surface area contributed by atoms with Crippen LogP contribution in [0.15, 0.2) is 71.7 Å². The van der Waals surface area contributed by atoms with Crippen molar-refractivity contribution in [1.29, 1.82) is 0 Å². The second-order valence-corrected chi connectivity index (χ2v) is 7.17. The van der Waals surface area contributed by atoms with E-state index in [1.807, 2.05) is 0 Å². The lowest BCUT2D eigenvalue weighted by Gasteiger charge is -2.19. The lowest BCUT2D eigenvalue weighted by molar-refractivity contribution is 0.102. The van der Waals surface area contributed by atoms with Gasteiger partial charge in [-0.25, -0.2) is 8.78 Å². The van der Waals surface area contributed by atoms with Crippen molar-refractivity contribution in [1.82, 2.24) is 4.57 Å². The maximum Gasteiger partial charge on any atom is 0.263 e. The first-order chi connectivity index (χ1) is 15.5. The Morgan fingerprint density at radius 3 is 2.44 bits per heavy atom. The number of ether oxygens (including phenoxy) is 2. The first kappa shape index (κ1) is 19.7. The molecule has 0 aliphatic carbocycles. The summed E-state index contributed by atoms with van der Waals surface area (Å²) in [4.78, 5) is 26.2. The highest BCUT2D eigenvalue weighted by atomic mass is 19.1. The average Bonchev–Trinajstić information content (AvgIpc) is 2.80. The van der Waals surface area contributed by atoms with Gasteiger partial charge in [0.25, 0.3) is 11.5 Å². The van der Waals surface area contributed by atoms with Gasteiger partial charge in [-0.3, -0.25) is 14.2 Å². The third kappa shape index (κ3) is 3.45. The molecule has 0 bridgehead atoms. The summed E-state index contributed by atoms with van der Waals surface area (Å²) in [5.41, 5.74) is -0.0645. The largest absolute Gasteiger partial charge is 0.486 e. The number of anilines is 1. The summed E-state index contributed by atoms with van der Waals surface area (Å²) in [5, 5.41) is 3.42. The molecule has 1 aromatic heterocycles. The number of pyridine rings is 1. The molecule has 8 heteroatoms. The number of hydrogen-bond donors (Lipinski definition) is 1. The van der Waals surface area contributed by atoms with Gasteiger partial charge in [0.1, 0.15) is 24.8 Å². The fourth-order valence-electron chi connectivity index (χ4n) is 3.65. The Labute approximate surface area is 180 Å².